The van der Waals surface area contributed by atoms with Crippen molar-refractivity contribution in [2.75, 3.05) is 38.2 Å². The van der Waals surface area contributed by atoms with E-state index in [1.807, 2.05) is 12.1 Å². The first kappa shape index (κ1) is 44.0. The van der Waals surface area contributed by atoms with Crippen LogP contribution in [0.4, 0.5) is 19.4 Å². The molecule has 3 aromatic carbocycles. The molecule has 2 saturated carbocycles. The van der Waals surface area contributed by atoms with Gasteiger partial charge in [-0.25, -0.2) is 23.7 Å². The lowest BCUT2D eigenvalue weighted by molar-refractivity contribution is -0.120. The van der Waals surface area contributed by atoms with Crippen LogP contribution in [0.5, 0.6) is 11.5 Å². The average Bonchev–Trinajstić information content (AvgIpc) is 3.87. The second kappa shape index (κ2) is 16.8. The Labute approximate surface area is 379 Å². The van der Waals surface area contributed by atoms with Crippen LogP contribution in [-0.4, -0.2) is 94.3 Å². The van der Waals surface area contributed by atoms with Crippen molar-refractivity contribution in [3.8, 4) is 17.6 Å². The van der Waals surface area contributed by atoms with Crippen LogP contribution >= 0.6 is 0 Å². The number of ether oxygens (including phenoxy) is 2. The number of carbonyl (C=O) groups excluding carboxylic acids is 2. The lowest BCUT2D eigenvalue weighted by Crippen LogP contribution is -2.51. The zero-order valence-electron chi connectivity index (χ0n) is 36.6. The number of urea groups is 1. The number of hydrogen-bond acceptors (Lipinski definition) is 11. The maximum atomic E-state index is 15.8. The van der Waals surface area contributed by atoms with Gasteiger partial charge in [0.2, 0.25) is 5.91 Å². The average molecular weight is 925 g/mol. The fourth-order valence-electron chi connectivity index (χ4n) is 11.4. The predicted molar refractivity (Wildman–Crippen MR) is 238 cm³/mol. The summed E-state index contributed by atoms with van der Waals surface area (Å²) in [6, 6.07) is 11.2. The number of nitrogens with one attached hydrogen (secondary N) is 1. The van der Waals surface area contributed by atoms with Gasteiger partial charge >= 0.3 is 6.03 Å². The van der Waals surface area contributed by atoms with E-state index in [1.54, 1.807) is 28.7 Å². The third-order valence-electron chi connectivity index (χ3n) is 15.0. The molecule has 5 aromatic rings. The van der Waals surface area contributed by atoms with Crippen LogP contribution in [0.15, 0.2) is 53.6 Å². The smallest absolute Gasteiger partial charge is 0.329 e. The van der Waals surface area contributed by atoms with E-state index in [9.17, 15) is 28.1 Å². The van der Waals surface area contributed by atoms with Gasteiger partial charge in [-0.05, 0) is 130 Å². The number of nitrogens with two attached hydrogens (primary N) is 1. The standard InChI is InChI=1S/C46H50F2N10O7S/c1-54-38-21-31(36(48)20-33(38)43(53-54)56-15-12-40(59)52-45(56)61)26-3-5-27(6-4-26)55-17-13-46(14-18-55)22-28(23-46)57-25-51-37-10-7-29(19-32(37)44(57)60)65-42-34(24-49)30(8-9-35(42)47)41-39(64-2)11-16-58(41)66(50,62)63/h7-10,19-21,25-28,39,41H,3-6,11-18,22-23H2,1-2H3,(H2,50,62,63)(H,52,59,61). The highest BCUT2D eigenvalue weighted by Crippen LogP contribution is 2.55. The van der Waals surface area contributed by atoms with E-state index < -0.39 is 40.0 Å². The van der Waals surface area contributed by atoms with Crippen LogP contribution in [0.2, 0.25) is 0 Å². The van der Waals surface area contributed by atoms with Crippen LogP contribution in [-0.2, 0) is 26.8 Å². The van der Waals surface area contributed by atoms with Crippen molar-refractivity contribution in [2.24, 2.45) is 17.6 Å². The lowest BCUT2D eigenvalue weighted by Gasteiger charge is -2.54. The number of imide groups is 1. The fraction of sp³-hybridized carbons (Fsp3) is 0.478. The number of aromatic nitrogens is 4. The van der Waals surface area contributed by atoms with Gasteiger partial charge in [0.05, 0.1) is 34.9 Å². The van der Waals surface area contributed by atoms with Crippen molar-refractivity contribution in [1.29, 1.82) is 5.26 Å². The second-order valence-corrected chi connectivity index (χ2v) is 20.0. The Morgan fingerprint density at radius 1 is 0.909 bits per heavy atom. The normalized spacial score (nSPS) is 24.2. The Bertz CT molecular complexity index is 3000. The SMILES string of the molecule is COC1CCN(S(N)(=O)=O)C1c1ccc(F)c(Oc2ccc3ncn(C4CC5(CCN(C6CCC(c7cc8c(cc7F)c(N7CCC(=O)NC7=O)nn8C)CC6)CC5)C4)c(=O)c3c2)c1C#N. The topological polar surface area (TPSA) is 211 Å². The summed E-state index contributed by atoms with van der Waals surface area (Å²) < 4.78 is 72.1. The highest BCUT2D eigenvalue weighted by Gasteiger charge is 2.48. The highest BCUT2D eigenvalue weighted by molar-refractivity contribution is 7.86. The third kappa shape index (κ3) is 7.69. The first-order valence-electron chi connectivity index (χ1n) is 22.4. The van der Waals surface area contributed by atoms with Gasteiger partial charge in [-0.3, -0.25) is 29.1 Å². The van der Waals surface area contributed by atoms with Crippen molar-refractivity contribution in [3.05, 3.63) is 87.5 Å². The van der Waals surface area contributed by atoms with E-state index in [2.05, 4.69) is 20.3 Å². The summed E-state index contributed by atoms with van der Waals surface area (Å²) in [5.41, 5.74) is 1.69. The van der Waals surface area contributed by atoms with E-state index in [1.165, 1.54) is 36.3 Å². The van der Waals surface area contributed by atoms with Crippen molar-refractivity contribution >= 4 is 49.8 Å². The van der Waals surface area contributed by atoms with Crippen LogP contribution in [0.25, 0.3) is 21.8 Å². The molecule has 2 aliphatic carbocycles. The summed E-state index contributed by atoms with van der Waals surface area (Å²) in [5, 5.41) is 23.4. The van der Waals surface area contributed by atoms with Crippen molar-refractivity contribution in [2.45, 2.75) is 94.4 Å². The third-order valence-corrected chi connectivity index (χ3v) is 16.0. The minimum absolute atomic E-state index is 0.0360. The summed E-state index contributed by atoms with van der Waals surface area (Å²) in [4.78, 5) is 46.8. The first-order valence-corrected chi connectivity index (χ1v) is 23.9. The number of benzene rings is 3. The summed E-state index contributed by atoms with van der Waals surface area (Å²) in [7, 11) is -0.983. The minimum atomic E-state index is -4.19. The molecule has 2 unspecified atom stereocenters. The number of piperidine rings is 1. The highest BCUT2D eigenvalue weighted by atomic mass is 32.2. The van der Waals surface area contributed by atoms with Gasteiger partial charge in [0.15, 0.2) is 17.4 Å². The molecule has 346 valence electrons. The molecule has 3 N–H and O–H groups in total. The largest absolute Gasteiger partial charge is 0.453 e. The van der Waals surface area contributed by atoms with Crippen molar-refractivity contribution < 1.29 is 36.3 Å². The molecule has 1 spiro atoms. The number of halogens is 2. The molecule has 2 aromatic heterocycles. The zero-order chi connectivity index (χ0) is 46.2. The molecule has 66 heavy (non-hydrogen) atoms. The van der Waals surface area contributed by atoms with E-state index >= 15 is 8.78 Å². The number of amides is 3. The number of methoxy groups -OCH3 is 1. The Morgan fingerprint density at radius 2 is 1.67 bits per heavy atom. The number of nitrogens with zero attached hydrogens (tertiary/aromatic N) is 8. The molecule has 17 nitrogen and oxygen atoms in total. The number of rotatable bonds is 9. The molecule has 20 heteroatoms. The van der Waals surface area contributed by atoms with Gasteiger partial charge < -0.3 is 14.4 Å². The number of carbonyl (C=O) groups is 2. The van der Waals surface area contributed by atoms with E-state index in [0.717, 1.165) is 80.3 Å². The van der Waals surface area contributed by atoms with E-state index in [4.69, 9.17) is 14.6 Å². The summed E-state index contributed by atoms with van der Waals surface area (Å²) >= 11 is 0. The van der Waals surface area contributed by atoms with E-state index in [-0.39, 0.29) is 76.4 Å². The molecule has 5 aliphatic rings. The molecule has 3 aliphatic heterocycles. The molecule has 3 saturated heterocycles. The summed E-state index contributed by atoms with van der Waals surface area (Å²) in [6.07, 6.45) is 8.78. The molecule has 10 rings (SSSR count). The molecule has 5 heterocycles. The zero-order valence-corrected chi connectivity index (χ0v) is 37.4. The lowest BCUT2D eigenvalue weighted by atomic mass is 9.60. The Balaban J connectivity index is 0.777. The van der Waals surface area contributed by atoms with E-state index in [0.29, 0.717) is 34.7 Å². The van der Waals surface area contributed by atoms with Crippen LogP contribution in [0, 0.1) is 28.4 Å². The number of hydrogen-bond donors (Lipinski definition) is 2. The van der Waals surface area contributed by atoms with Gasteiger partial charge in [-0.1, -0.05) is 6.07 Å². The Kier molecular flexibility index (Phi) is 11.2. The van der Waals surface area contributed by atoms with Crippen LogP contribution < -0.4 is 25.7 Å². The summed E-state index contributed by atoms with van der Waals surface area (Å²) in [6.45, 7) is 2.16. The Morgan fingerprint density at radius 3 is 2.36 bits per heavy atom. The number of aryl methyl sites for hydroxylation is 1. The van der Waals surface area contributed by atoms with Gasteiger partial charge in [-0.15, -0.1) is 0 Å². The molecule has 2 atom stereocenters. The van der Waals surface area contributed by atoms with Gasteiger partial charge in [0.25, 0.3) is 15.8 Å². The minimum Gasteiger partial charge on any atom is -0.453 e. The van der Waals surface area contributed by atoms with Gasteiger partial charge in [0.1, 0.15) is 23.2 Å². The first-order chi connectivity index (χ1) is 31.6. The van der Waals surface area contributed by atoms with Crippen LogP contribution in [0.1, 0.15) is 98.9 Å². The van der Waals surface area contributed by atoms with Crippen LogP contribution in [0.3, 0.4) is 0 Å². The predicted octanol–water partition coefficient (Wildman–Crippen LogP) is 5.78. The fourth-order valence-corrected chi connectivity index (χ4v) is 12.4. The maximum Gasteiger partial charge on any atom is 0.329 e. The van der Waals surface area contributed by atoms with Crippen molar-refractivity contribution in [3.63, 3.8) is 0 Å². The molecule has 0 bridgehead atoms. The number of anilines is 1. The second-order valence-electron chi connectivity index (χ2n) is 18.6. The van der Waals surface area contributed by atoms with Gasteiger partial charge in [0, 0.05) is 51.1 Å². The molecule has 3 amide bonds. The number of fused-ring (bicyclic) bond motifs is 2. The quantitative estimate of drug-likeness (QED) is 0.181. The monoisotopic (exact) mass is 924 g/mol. The molecule has 5 fully saturated rings. The Hall–Kier alpha value is -5.85. The summed E-state index contributed by atoms with van der Waals surface area (Å²) in [5.74, 6) is -1.39. The molecular formula is C46H50F2N10O7S. The number of nitriles is 1. The van der Waals surface area contributed by atoms with Crippen molar-refractivity contribution in [1.82, 2.24) is 33.9 Å². The van der Waals surface area contributed by atoms with Gasteiger partial charge in [-0.2, -0.15) is 23.1 Å². The maximum absolute atomic E-state index is 15.8. The number of likely N-dealkylation sites (tertiary alicyclic amines) is 1. The molecular weight excluding hydrogens is 875 g/mol. The molecule has 0 radical (unpaired) electrons.